The number of nitrogens with zero attached hydrogens (tertiary/aromatic N) is 5. The minimum absolute atomic E-state index is 0.478. The van der Waals surface area contributed by atoms with Gasteiger partial charge in [-0.1, -0.05) is 0 Å². The number of fused-ring (bicyclic) bond motifs is 1. The molecule has 0 unspecified atom stereocenters. The highest BCUT2D eigenvalue weighted by Gasteiger charge is 2.10. The zero-order chi connectivity index (χ0) is 13.2. The summed E-state index contributed by atoms with van der Waals surface area (Å²) >= 11 is 0. The molecular weight excluding hydrogens is 246 g/mol. The van der Waals surface area contributed by atoms with Crippen molar-refractivity contribution in [2.75, 3.05) is 14.2 Å². The van der Waals surface area contributed by atoms with Crippen molar-refractivity contribution in [3.8, 4) is 23.1 Å². The van der Waals surface area contributed by atoms with E-state index in [0.717, 1.165) is 5.52 Å². The van der Waals surface area contributed by atoms with Crippen molar-refractivity contribution >= 4 is 5.52 Å². The molecule has 19 heavy (non-hydrogen) atoms. The van der Waals surface area contributed by atoms with Crippen LogP contribution < -0.4 is 9.47 Å². The third-order valence-electron chi connectivity index (χ3n) is 2.66. The summed E-state index contributed by atoms with van der Waals surface area (Å²) in [5, 5.41) is 4.18. The molecule has 7 heteroatoms. The molecule has 0 aliphatic carbocycles. The van der Waals surface area contributed by atoms with E-state index in [-0.39, 0.29) is 0 Å². The van der Waals surface area contributed by atoms with Crippen LogP contribution in [0.3, 0.4) is 0 Å². The number of hydrogen-bond donors (Lipinski definition) is 0. The molecule has 0 bridgehead atoms. The fourth-order valence-electron chi connectivity index (χ4n) is 1.76. The number of hydrogen-bond acceptors (Lipinski definition) is 6. The van der Waals surface area contributed by atoms with Crippen LogP contribution in [0, 0.1) is 0 Å². The summed E-state index contributed by atoms with van der Waals surface area (Å²) in [5.41, 5.74) is 2.07. The summed E-state index contributed by atoms with van der Waals surface area (Å²) in [6.45, 7) is 0. The van der Waals surface area contributed by atoms with Gasteiger partial charge in [0.1, 0.15) is 17.5 Å². The number of methoxy groups -OCH3 is 2. The van der Waals surface area contributed by atoms with E-state index in [4.69, 9.17) is 9.47 Å². The van der Waals surface area contributed by atoms with Gasteiger partial charge in [-0.05, 0) is 6.07 Å². The second-order valence-corrected chi connectivity index (χ2v) is 3.74. The molecule has 0 aromatic carbocycles. The van der Waals surface area contributed by atoms with E-state index < -0.39 is 0 Å². The lowest BCUT2D eigenvalue weighted by atomic mass is 10.3. The van der Waals surface area contributed by atoms with Crippen LogP contribution in [0.15, 0.2) is 30.9 Å². The standard InChI is InChI=1S/C12H11N5O2/c1-18-11-5-8(13-7-14-11)9-6-17-10(3-4-15-17)12(16-9)19-2/h3-7H,1-2H3. The minimum atomic E-state index is 0.478. The second-order valence-electron chi connectivity index (χ2n) is 3.74. The normalized spacial score (nSPS) is 10.6. The molecule has 96 valence electrons. The molecule has 7 nitrogen and oxygen atoms in total. The van der Waals surface area contributed by atoms with Crippen molar-refractivity contribution < 1.29 is 9.47 Å². The average Bonchev–Trinajstić information content (AvgIpc) is 2.94. The zero-order valence-electron chi connectivity index (χ0n) is 10.4. The van der Waals surface area contributed by atoms with Crippen molar-refractivity contribution in [2.24, 2.45) is 0 Å². The summed E-state index contributed by atoms with van der Waals surface area (Å²) in [7, 11) is 3.12. The minimum Gasteiger partial charge on any atom is -0.481 e. The topological polar surface area (TPSA) is 74.4 Å². The van der Waals surface area contributed by atoms with Gasteiger partial charge in [-0.2, -0.15) is 5.10 Å². The molecule has 3 aromatic heterocycles. The molecule has 0 aliphatic heterocycles. The van der Waals surface area contributed by atoms with Gasteiger partial charge in [-0.3, -0.25) is 0 Å². The Morgan fingerprint density at radius 3 is 2.79 bits per heavy atom. The maximum absolute atomic E-state index is 5.26. The van der Waals surface area contributed by atoms with E-state index in [2.05, 4.69) is 20.1 Å². The summed E-state index contributed by atoms with van der Waals surface area (Å²) in [4.78, 5) is 12.5. The number of aromatic nitrogens is 5. The highest BCUT2D eigenvalue weighted by atomic mass is 16.5. The molecule has 3 aromatic rings. The molecule has 0 saturated heterocycles. The van der Waals surface area contributed by atoms with E-state index in [1.54, 1.807) is 37.2 Å². The molecular formula is C12H11N5O2. The predicted octanol–water partition coefficient (Wildman–Crippen LogP) is 1.20. The Kier molecular flexibility index (Phi) is 2.71. The van der Waals surface area contributed by atoms with E-state index in [0.29, 0.717) is 23.1 Å². The number of rotatable bonds is 3. The largest absolute Gasteiger partial charge is 0.481 e. The van der Waals surface area contributed by atoms with E-state index in [1.165, 1.54) is 6.33 Å². The lowest BCUT2D eigenvalue weighted by Gasteiger charge is -2.06. The van der Waals surface area contributed by atoms with Gasteiger partial charge in [0.25, 0.3) is 0 Å². The zero-order valence-corrected chi connectivity index (χ0v) is 10.4. The van der Waals surface area contributed by atoms with Crippen LogP contribution in [0.2, 0.25) is 0 Å². The Labute approximate surface area is 108 Å². The van der Waals surface area contributed by atoms with Gasteiger partial charge in [0.15, 0.2) is 0 Å². The van der Waals surface area contributed by atoms with E-state index in [9.17, 15) is 0 Å². The average molecular weight is 257 g/mol. The third kappa shape index (κ3) is 1.95. The van der Waals surface area contributed by atoms with Crippen molar-refractivity contribution in [1.82, 2.24) is 24.6 Å². The first-order valence-corrected chi connectivity index (χ1v) is 5.56. The summed E-state index contributed by atoms with van der Waals surface area (Å²) in [6.07, 6.45) is 4.89. The second kappa shape index (κ2) is 4.52. The first-order valence-electron chi connectivity index (χ1n) is 5.56. The SMILES string of the molecule is COc1cc(-c2cn3nccc3c(OC)n2)ncn1. The number of ether oxygens (including phenoxy) is 2. The Hall–Kier alpha value is -2.70. The predicted molar refractivity (Wildman–Crippen MR) is 67.1 cm³/mol. The van der Waals surface area contributed by atoms with Crippen LogP contribution in [0.1, 0.15) is 0 Å². The van der Waals surface area contributed by atoms with Crippen LogP contribution in [0.5, 0.6) is 11.8 Å². The smallest absolute Gasteiger partial charge is 0.240 e. The molecule has 0 fully saturated rings. The molecule has 0 amide bonds. The van der Waals surface area contributed by atoms with Crippen molar-refractivity contribution in [1.29, 1.82) is 0 Å². The summed E-state index contributed by atoms with van der Waals surface area (Å²) in [6, 6.07) is 3.54. The quantitative estimate of drug-likeness (QED) is 0.702. The van der Waals surface area contributed by atoms with Gasteiger partial charge in [-0.15, -0.1) is 0 Å². The van der Waals surface area contributed by atoms with E-state index >= 15 is 0 Å². The Bertz CT molecular complexity index is 725. The van der Waals surface area contributed by atoms with Gasteiger partial charge in [0.2, 0.25) is 11.8 Å². The van der Waals surface area contributed by atoms with Crippen LogP contribution in [0.25, 0.3) is 16.9 Å². The molecule has 0 saturated carbocycles. The fraction of sp³-hybridized carbons (Fsp3) is 0.167. The van der Waals surface area contributed by atoms with Crippen LogP contribution >= 0.6 is 0 Å². The van der Waals surface area contributed by atoms with Gasteiger partial charge in [0.05, 0.1) is 32.3 Å². The lowest BCUT2D eigenvalue weighted by molar-refractivity contribution is 0.396. The molecule has 0 radical (unpaired) electrons. The Morgan fingerprint density at radius 2 is 2.00 bits per heavy atom. The van der Waals surface area contributed by atoms with E-state index in [1.807, 2.05) is 6.07 Å². The van der Waals surface area contributed by atoms with Crippen LogP contribution in [0.4, 0.5) is 0 Å². The summed E-state index contributed by atoms with van der Waals surface area (Å²) < 4.78 is 12.0. The third-order valence-corrected chi connectivity index (χ3v) is 2.66. The molecule has 0 aliphatic rings. The van der Waals surface area contributed by atoms with Crippen molar-refractivity contribution in [3.63, 3.8) is 0 Å². The molecule has 0 atom stereocenters. The fourth-order valence-corrected chi connectivity index (χ4v) is 1.76. The van der Waals surface area contributed by atoms with Crippen molar-refractivity contribution in [3.05, 3.63) is 30.9 Å². The monoisotopic (exact) mass is 257 g/mol. The highest BCUT2D eigenvalue weighted by Crippen LogP contribution is 2.23. The van der Waals surface area contributed by atoms with Gasteiger partial charge in [-0.25, -0.2) is 19.5 Å². The molecule has 0 N–H and O–H groups in total. The van der Waals surface area contributed by atoms with Gasteiger partial charge >= 0.3 is 0 Å². The van der Waals surface area contributed by atoms with Gasteiger partial charge in [0, 0.05) is 6.07 Å². The highest BCUT2D eigenvalue weighted by molar-refractivity contribution is 5.62. The van der Waals surface area contributed by atoms with Crippen LogP contribution in [-0.2, 0) is 0 Å². The Balaban J connectivity index is 2.18. The van der Waals surface area contributed by atoms with Crippen LogP contribution in [-0.4, -0.2) is 38.8 Å². The lowest BCUT2D eigenvalue weighted by Crippen LogP contribution is -1.99. The maximum atomic E-state index is 5.26. The first kappa shape index (κ1) is 11.4. The molecule has 0 spiro atoms. The van der Waals surface area contributed by atoms with Gasteiger partial charge < -0.3 is 9.47 Å². The Morgan fingerprint density at radius 1 is 1.11 bits per heavy atom. The summed E-state index contributed by atoms with van der Waals surface area (Å²) in [5.74, 6) is 0.971. The maximum Gasteiger partial charge on any atom is 0.240 e. The molecule has 3 heterocycles. The first-order chi connectivity index (χ1) is 9.31. The molecule has 3 rings (SSSR count). The van der Waals surface area contributed by atoms with Crippen molar-refractivity contribution in [2.45, 2.75) is 0 Å².